The molecule has 1 heterocycles. The van der Waals surface area contributed by atoms with E-state index in [1.54, 1.807) is 0 Å². The van der Waals surface area contributed by atoms with Gasteiger partial charge in [0.25, 0.3) is 0 Å². The van der Waals surface area contributed by atoms with Crippen molar-refractivity contribution in [3.8, 4) is 0 Å². The topological polar surface area (TPSA) is 20.3 Å². The maximum Gasteiger partial charge on any atom is 0.231 e. The average Bonchev–Trinajstić information content (AvgIpc) is 3.00. The Labute approximate surface area is 169 Å². The molecule has 4 heteroatoms. The Bertz CT molecular complexity index is 940. The summed E-state index contributed by atoms with van der Waals surface area (Å²) >= 11 is 12.5. The molecular weight excluding hydrogens is 377 g/mol. The Balaban J connectivity index is 1.71. The van der Waals surface area contributed by atoms with Gasteiger partial charge in [-0.05, 0) is 54.3 Å². The van der Waals surface area contributed by atoms with Crippen LogP contribution in [0.3, 0.4) is 0 Å². The lowest BCUT2D eigenvalue weighted by atomic mass is 9.94. The smallest absolute Gasteiger partial charge is 0.231 e. The Kier molecular flexibility index (Phi) is 5.20. The van der Waals surface area contributed by atoms with E-state index in [4.69, 9.17) is 23.2 Å². The highest BCUT2D eigenvalue weighted by Crippen LogP contribution is 2.43. The first-order valence-electron chi connectivity index (χ1n) is 9.00. The van der Waals surface area contributed by atoms with Crippen LogP contribution in [0.2, 0.25) is 10.0 Å². The van der Waals surface area contributed by atoms with Crippen LogP contribution in [0, 0.1) is 5.92 Å². The molecule has 3 aromatic carbocycles. The lowest BCUT2D eigenvalue weighted by molar-refractivity contribution is -0.120. The zero-order valence-corrected chi connectivity index (χ0v) is 16.2. The molecule has 136 valence electrons. The van der Waals surface area contributed by atoms with Gasteiger partial charge < -0.3 is 4.90 Å². The van der Waals surface area contributed by atoms with Gasteiger partial charge in [-0.2, -0.15) is 0 Å². The van der Waals surface area contributed by atoms with Gasteiger partial charge in [0.1, 0.15) is 0 Å². The summed E-state index contributed by atoms with van der Waals surface area (Å²) in [5, 5.41) is 1.34. The quantitative estimate of drug-likeness (QED) is 0.505. The monoisotopic (exact) mass is 395 g/mol. The van der Waals surface area contributed by atoms with Crippen molar-refractivity contribution in [1.82, 2.24) is 0 Å². The summed E-state index contributed by atoms with van der Waals surface area (Å²) in [4.78, 5) is 15.2. The fraction of sp³-hybridized carbons (Fsp3) is 0.174. The van der Waals surface area contributed by atoms with Crippen LogP contribution in [0.15, 0.2) is 78.9 Å². The summed E-state index contributed by atoms with van der Waals surface area (Å²) in [7, 11) is 0. The summed E-state index contributed by atoms with van der Waals surface area (Å²) in [6.07, 6.45) is 1.46. The van der Waals surface area contributed by atoms with Gasteiger partial charge in [-0.3, -0.25) is 4.79 Å². The molecule has 0 N–H and O–H groups in total. The summed E-state index contributed by atoms with van der Waals surface area (Å²) in [6, 6.07) is 25.3. The molecule has 0 bridgehead atoms. The first-order valence-corrected chi connectivity index (χ1v) is 9.76. The van der Waals surface area contributed by atoms with E-state index in [-0.39, 0.29) is 17.9 Å². The molecule has 0 spiro atoms. The maximum atomic E-state index is 13.3. The predicted octanol–water partition coefficient (Wildman–Crippen LogP) is 6.33. The molecule has 2 atom stereocenters. The van der Waals surface area contributed by atoms with Crippen molar-refractivity contribution in [2.45, 2.75) is 18.9 Å². The van der Waals surface area contributed by atoms with Crippen LogP contribution in [-0.4, -0.2) is 5.91 Å². The Morgan fingerprint density at radius 1 is 0.852 bits per heavy atom. The minimum atomic E-state index is -0.0823. The lowest BCUT2D eigenvalue weighted by Crippen LogP contribution is -2.30. The number of carbonyl (C=O) groups excluding carboxylic acids is 1. The average molecular weight is 396 g/mol. The normalized spacial score (nSPS) is 19.5. The van der Waals surface area contributed by atoms with Crippen LogP contribution < -0.4 is 4.90 Å². The molecule has 1 fully saturated rings. The highest BCUT2D eigenvalue weighted by Gasteiger charge is 2.41. The van der Waals surface area contributed by atoms with Gasteiger partial charge in [-0.1, -0.05) is 71.7 Å². The number of amides is 1. The van der Waals surface area contributed by atoms with Gasteiger partial charge in [-0.25, -0.2) is 0 Å². The molecule has 3 aromatic rings. The van der Waals surface area contributed by atoms with Crippen LogP contribution in [0.4, 0.5) is 5.69 Å². The van der Waals surface area contributed by atoms with Gasteiger partial charge in [0.05, 0.1) is 6.04 Å². The molecule has 1 aliphatic rings. The minimum Gasteiger partial charge on any atom is -0.305 e. The van der Waals surface area contributed by atoms with Crippen molar-refractivity contribution >= 4 is 34.8 Å². The number of rotatable bonds is 4. The molecule has 1 amide bonds. The minimum absolute atomic E-state index is 0.0793. The molecule has 0 aromatic heterocycles. The van der Waals surface area contributed by atoms with Gasteiger partial charge in [0.15, 0.2) is 0 Å². The fourth-order valence-corrected chi connectivity index (χ4v) is 4.20. The van der Waals surface area contributed by atoms with Crippen LogP contribution in [-0.2, 0) is 11.2 Å². The number of carbonyl (C=O) groups is 1. The molecule has 0 unspecified atom stereocenters. The molecular formula is C23H19Cl2NO. The Hall–Kier alpha value is -2.29. The van der Waals surface area contributed by atoms with Gasteiger partial charge >= 0.3 is 0 Å². The van der Waals surface area contributed by atoms with Crippen LogP contribution in [0.1, 0.15) is 23.6 Å². The Morgan fingerprint density at radius 2 is 1.52 bits per heavy atom. The highest BCUT2D eigenvalue weighted by atomic mass is 35.5. The molecule has 2 nitrogen and oxygen atoms in total. The summed E-state index contributed by atoms with van der Waals surface area (Å²) in [6.45, 7) is 0. The first kappa shape index (κ1) is 18.1. The van der Waals surface area contributed by atoms with Crippen LogP contribution in [0.5, 0.6) is 0 Å². The van der Waals surface area contributed by atoms with E-state index in [1.807, 2.05) is 71.6 Å². The Morgan fingerprint density at radius 3 is 2.22 bits per heavy atom. The standard InChI is InChI=1S/C23H19Cl2NO/c24-18-10-12-19(13-11-18)26-22(20-8-4-5-9-21(20)25)15-17(23(26)27)14-16-6-2-1-3-7-16/h1-13,17,22H,14-15H2/t17-,22+/m1/s1. The summed E-state index contributed by atoms with van der Waals surface area (Å²) in [5.74, 6) is 0.0513. The van der Waals surface area contributed by atoms with E-state index in [2.05, 4.69) is 12.1 Å². The van der Waals surface area contributed by atoms with E-state index in [1.165, 1.54) is 5.56 Å². The van der Waals surface area contributed by atoms with Crippen molar-refractivity contribution in [3.63, 3.8) is 0 Å². The maximum absolute atomic E-state index is 13.3. The van der Waals surface area contributed by atoms with Crippen molar-refractivity contribution < 1.29 is 4.79 Å². The fourth-order valence-electron chi connectivity index (χ4n) is 3.82. The second kappa shape index (κ2) is 7.75. The number of nitrogens with zero attached hydrogens (tertiary/aromatic N) is 1. The molecule has 4 rings (SSSR count). The molecule has 27 heavy (non-hydrogen) atoms. The van der Waals surface area contributed by atoms with Gasteiger partial charge in [0.2, 0.25) is 5.91 Å². The number of benzene rings is 3. The van der Waals surface area contributed by atoms with E-state index in [0.29, 0.717) is 10.0 Å². The molecule has 0 radical (unpaired) electrons. The van der Waals surface area contributed by atoms with Crippen molar-refractivity contribution in [2.24, 2.45) is 5.92 Å². The van der Waals surface area contributed by atoms with Gasteiger partial charge in [0, 0.05) is 21.7 Å². The molecule has 0 aliphatic carbocycles. The van der Waals surface area contributed by atoms with E-state index < -0.39 is 0 Å². The number of anilines is 1. The number of hydrogen-bond acceptors (Lipinski definition) is 1. The highest BCUT2D eigenvalue weighted by molar-refractivity contribution is 6.31. The zero-order chi connectivity index (χ0) is 18.8. The van der Waals surface area contributed by atoms with Crippen molar-refractivity contribution in [3.05, 3.63) is 100 Å². The van der Waals surface area contributed by atoms with E-state index in [0.717, 1.165) is 24.1 Å². The third-order valence-electron chi connectivity index (χ3n) is 5.10. The summed E-state index contributed by atoms with van der Waals surface area (Å²) < 4.78 is 0. The molecule has 1 aliphatic heterocycles. The van der Waals surface area contributed by atoms with Crippen LogP contribution in [0.25, 0.3) is 0 Å². The van der Waals surface area contributed by atoms with Crippen molar-refractivity contribution in [1.29, 1.82) is 0 Å². The zero-order valence-electron chi connectivity index (χ0n) is 14.7. The largest absolute Gasteiger partial charge is 0.305 e. The van der Waals surface area contributed by atoms with Gasteiger partial charge in [-0.15, -0.1) is 0 Å². The third kappa shape index (κ3) is 3.73. The predicted molar refractivity (Wildman–Crippen MR) is 111 cm³/mol. The second-order valence-electron chi connectivity index (χ2n) is 6.84. The lowest BCUT2D eigenvalue weighted by Gasteiger charge is -2.26. The molecule has 1 saturated heterocycles. The van der Waals surface area contributed by atoms with E-state index >= 15 is 0 Å². The first-order chi connectivity index (χ1) is 13.1. The summed E-state index contributed by atoms with van der Waals surface area (Å²) in [5.41, 5.74) is 3.01. The third-order valence-corrected chi connectivity index (χ3v) is 5.70. The van der Waals surface area contributed by atoms with Crippen LogP contribution >= 0.6 is 23.2 Å². The number of halogens is 2. The molecule has 0 saturated carbocycles. The van der Waals surface area contributed by atoms with Crippen molar-refractivity contribution in [2.75, 3.05) is 4.90 Å². The SMILES string of the molecule is O=C1[C@H](Cc2ccccc2)C[C@@H](c2ccccc2Cl)N1c1ccc(Cl)cc1. The number of hydrogen-bond donors (Lipinski definition) is 0. The van der Waals surface area contributed by atoms with E-state index in [9.17, 15) is 4.79 Å². The second-order valence-corrected chi connectivity index (χ2v) is 7.69.